The summed E-state index contributed by atoms with van der Waals surface area (Å²) in [6.07, 6.45) is 3.91. The Bertz CT molecular complexity index is 1160. The van der Waals surface area contributed by atoms with Crippen LogP contribution in [0.3, 0.4) is 0 Å². The minimum absolute atomic E-state index is 0.119. The first-order chi connectivity index (χ1) is 16.9. The molecule has 8 nitrogen and oxygen atoms in total. The van der Waals surface area contributed by atoms with E-state index in [0.29, 0.717) is 50.3 Å². The molecule has 0 aliphatic carbocycles. The second-order valence-electron chi connectivity index (χ2n) is 9.10. The van der Waals surface area contributed by atoms with Gasteiger partial charge in [0.2, 0.25) is 21.8 Å². The average Bonchev–Trinajstić information content (AvgIpc) is 3.55. The summed E-state index contributed by atoms with van der Waals surface area (Å²) in [6.45, 7) is 2.93. The molecule has 0 bridgehead atoms. The molecule has 2 aliphatic rings. The predicted molar refractivity (Wildman–Crippen MR) is 132 cm³/mol. The highest BCUT2D eigenvalue weighted by molar-refractivity contribution is 7.89. The summed E-state index contributed by atoms with van der Waals surface area (Å²) < 4.78 is 32.7. The lowest BCUT2D eigenvalue weighted by Crippen LogP contribution is -2.28. The normalized spacial score (nSPS) is 16.6. The number of hydrogen-bond acceptors (Lipinski definition) is 5. The highest BCUT2D eigenvalue weighted by Gasteiger charge is 2.28. The molecule has 2 heterocycles. The van der Waals surface area contributed by atoms with Crippen LogP contribution in [0.15, 0.2) is 47.4 Å². The van der Waals surface area contributed by atoms with Gasteiger partial charge in [0.25, 0.3) is 0 Å². The highest BCUT2D eigenvalue weighted by atomic mass is 32.2. The van der Waals surface area contributed by atoms with Crippen molar-refractivity contribution >= 4 is 21.8 Å². The first kappa shape index (κ1) is 25.2. The molecule has 2 aromatic carbocycles. The number of amides is 2. The number of ether oxygens (including phenoxy) is 1. The summed E-state index contributed by atoms with van der Waals surface area (Å²) >= 11 is 0. The number of benzene rings is 2. The summed E-state index contributed by atoms with van der Waals surface area (Å²) in [6, 6.07) is 12.8. The maximum atomic E-state index is 12.9. The van der Waals surface area contributed by atoms with E-state index in [1.165, 1.54) is 11.4 Å². The fourth-order valence-electron chi connectivity index (χ4n) is 4.58. The van der Waals surface area contributed by atoms with Crippen molar-refractivity contribution in [2.24, 2.45) is 0 Å². The van der Waals surface area contributed by atoms with Gasteiger partial charge in [-0.2, -0.15) is 4.31 Å². The van der Waals surface area contributed by atoms with Crippen LogP contribution in [-0.2, 0) is 39.1 Å². The van der Waals surface area contributed by atoms with Crippen LogP contribution >= 0.6 is 0 Å². The van der Waals surface area contributed by atoms with E-state index in [0.717, 1.165) is 36.9 Å². The molecule has 2 aliphatic heterocycles. The van der Waals surface area contributed by atoms with Crippen LogP contribution in [0.4, 0.5) is 0 Å². The lowest BCUT2D eigenvalue weighted by molar-refractivity contribution is -0.128. The van der Waals surface area contributed by atoms with Gasteiger partial charge in [0.15, 0.2) is 0 Å². The van der Waals surface area contributed by atoms with Gasteiger partial charge >= 0.3 is 0 Å². The molecule has 0 spiro atoms. The third-order valence-electron chi connectivity index (χ3n) is 6.63. The van der Waals surface area contributed by atoms with Gasteiger partial charge in [-0.25, -0.2) is 8.42 Å². The highest BCUT2D eigenvalue weighted by Crippen LogP contribution is 2.27. The predicted octanol–water partition coefficient (Wildman–Crippen LogP) is 2.85. The van der Waals surface area contributed by atoms with E-state index in [9.17, 15) is 18.0 Å². The number of sulfonamides is 1. The van der Waals surface area contributed by atoms with E-state index in [1.807, 2.05) is 29.2 Å². The SMILES string of the molecule is COc1ccc(S(=O)(=O)N2CCCC2)cc1CCC(=O)NCc1ccc(CN2CCCC2=O)cc1. The zero-order valence-corrected chi connectivity index (χ0v) is 21.0. The second kappa shape index (κ2) is 11.2. The molecular formula is C26H33N3O5S. The molecule has 9 heteroatoms. The molecule has 0 radical (unpaired) electrons. The summed E-state index contributed by atoms with van der Waals surface area (Å²) in [4.78, 5) is 26.4. The Morgan fingerprint density at radius 3 is 2.37 bits per heavy atom. The van der Waals surface area contributed by atoms with Gasteiger partial charge in [0.1, 0.15) is 5.75 Å². The second-order valence-corrected chi connectivity index (χ2v) is 11.0. The van der Waals surface area contributed by atoms with E-state index in [-0.39, 0.29) is 23.1 Å². The molecule has 35 heavy (non-hydrogen) atoms. The Morgan fingerprint density at radius 2 is 1.71 bits per heavy atom. The van der Waals surface area contributed by atoms with Crippen molar-refractivity contribution < 1.29 is 22.7 Å². The molecule has 2 aromatic rings. The van der Waals surface area contributed by atoms with Gasteiger partial charge in [-0.15, -0.1) is 0 Å². The number of methoxy groups -OCH3 is 1. The van der Waals surface area contributed by atoms with E-state index < -0.39 is 10.0 Å². The molecule has 1 N–H and O–H groups in total. The van der Waals surface area contributed by atoms with Gasteiger partial charge in [0.05, 0.1) is 12.0 Å². The van der Waals surface area contributed by atoms with E-state index in [4.69, 9.17) is 4.74 Å². The molecule has 0 unspecified atom stereocenters. The summed E-state index contributed by atoms with van der Waals surface area (Å²) in [5.74, 6) is 0.661. The molecule has 2 amide bonds. The topological polar surface area (TPSA) is 96.0 Å². The number of carbonyl (C=O) groups excluding carboxylic acids is 2. The minimum atomic E-state index is -3.53. The Morgan fingerprint density at radius 1 is 1.00 bits per heavy atom. The first-order valence-corrected chi connectivity index (χ1v) is 13.6. The molecule has 0 saturated carbocycles. The smallest absolute Gasteiger partial charge is 0.243 e. The molecular weight excluding hydrogens is 466 g/mol. The maximum absolute atomic E-state index is 12.9. The van der Waals surface area contributed by atoms with Gasteiger partial charge in [-0.05, 0) is 60.6 Å². The van der Waals surface area contributed by atoms with Crippen LogP contribution < -0.4 is 10.1 Å². The number of hydrogen-bond donors (Lipinski definition) is 1. The van der Waals surface area contributed by atoms with Crippen LogP contribution in [0.25, 0.3) is 0 Å². The fraction of sp³-hybridized carbons (Fsp3) is 0.462. The Kier molecular flexibility index (Phi) is 8.07. The van der Waals surface area contributed by atoms with Gasteiger partial charge in [-0.3, -0.25) is 9.59 Å². The molecule has 0 atom stereocenters. The van der Waals surface area contributed by atoms with E-state index >= 15 is 0 Å². The van der Waals surface area contributed by atoms with Crippen LogP contribution in [0, 0.1) is 0 Å². The first-order valence-electron chi connectivity index (χ1n) is 12.2. The minimum Gasteiger partial charge on any atom is -0.496 e. The average molecular weight is 500 g/mol. The zero-order chi connectivity index (χ0) is 24.8. The Balaban J connectivity index is 1.30. The summed E-state index contributed by atoms with van der Waals surface area (Å²) in [5, 5.41) is 2.93. The van der Waals surface area contributed by atoms with Gasteiger partial charge in [0, 0.05) is 45.6 Å². The monoisotopic (exact) mass is 499 g/mol. The molecule has 2 fully saturated rings. The van der Waals surface area contributed by atoms with E-state index in [2.05, 4.69) is 5.32 Å². The van der Waals surface area contributed by atoms with Crippen LogP contribution in [-0.4, -0.2) is 56.2 Å². The van der Waals surface area contributed by atoms with Crippen molar-refractivity contribution in [1.29, 1.82) is 0 Å². The van der Waals surface area contributed by atoms with Crippen LogP contribution in [0.1, 0.15) is 48.8 Å². The standard InChI is InChI=1S/C26H33N3O5S/c1-34-24-12-11-23(35(32,33)29-15-2-3-16-29)17-22(24)10-13-25(30)27-18-20-6-8-21(9-7-20)19-28-14-4-5-26(28)31/h6-9,11-12,17H,2-5,10,13-16,18-19H2,1H3,(H,27,30). The number of rotatable bonds is 10. The van der Waals surface area contributed by atoms with Gasteiger partial charge < -0.3 is 15.0 Å². The number of aryl methyl sites for hydroxylation is 1. The Hall–Kier alpha value is -2.91. The number of nitrogens with one attached hydrogen (secondary N) is 1. The number of likely N-dealkylation sites (tertiary alicyclic amines) is 1. The molecule has 0 aromatic heterocycles. The zero-order valence-electron chi connectivity index (χ0n) is 20.2. The van der Waals surface area contributed by atoms with Crippen molar-refractivity contribution in [1.82, 2.24) is 14.5 Å². The largest absolute Gasteiger partial charge is 0.496 e. The lowest BCUT2D eigenvalue weighted by Gasteiger charge is -2.17. The third-order valence-corrected chi connectivity index (χ3v) is 8.53. The number of carbonyl (C=O) groups is 2. The fourth-order valence-corrected chi connectivity index (χ4v) is 6.15. The van der Waals surface area contributed by atoms with Crippen molar-refractivity contribution in [2.75, 3.05) is 26.7 Å². The van der Waals surface area contributed by atoms with Crippen LogP contribution in [0.2, 0.25) is 0 Å². The van der Waals surface area contributed by atoms with Gasteiger partial charge in [-0.1, -0.05) is 24.3 Å². The summed E-state index contributed by atoms with van der Waals surface area (Å²) in [5.41, 5.74) is 2.75. The van der Waals surface area contributed by atoms with Crippen molar-refractivity contribution in [3.8, 4) is 5.75 Å². The molecule has 4 rings (SSSR count). The van der Waals surface area contributed by atoms with Crippen molar-refractivity contribution in [3.63, 3.8) is 0 Å². The van der Waals surface area contributed by atoms with Crippen molar-refractivity contribution in [2.45, 2.75) is 56.5 Å². The lowest BCUT2D eigenvalue weighted by atomic mass is 10.1. The van der Waals surface area contributed by atoms with E-state index in [1.54, 1.807) is 18.2 Å². The van der Waals surface area contributed by atoms with Crippen LogP contribution in [0.5, 0.6) is 5.75 Å². The van der Waals surface area contributed by atoms with Crippen molar-refractivity contribution in [3.05, 3.63) is 59.2 Å². The summed E-state index contributed by atoms with van der Waals surface area (Å²) in [7, 11) is -1.99. The maximum Gasteiger partial charge on any atom is 0.243 e. The quantitative estimate of drug-likeness (QED) is 0.542. The third kappa shape index (κ3) is 6.21. The molecule has 188 valence electrons. The molecule has 2 saturated heterocycles. The number of nitrogens with zero attached hydrogens (tertiary/aromatic N) is 2. The Labute approximate surface area is 207 Å².